The Morgan fingerprint density at radius 1 is 1.47 bits per heavy atom. The summed E-state index contributed by atoms with van der Waals surface area (Å²) in [6.07, 6.45) is 1.14. The lowest BCUT2D eigenvalue weighted by Crippen LogP contribution is -2.34. The molecule has 1 aromatic heterocycles. The van der Waals surface area contributed by atoms with E-state index in [1.807, 2.05) is 6.07 Å². The molecule has 3 N–H and O–H groups in total. The number of nitrogen functional groups attached to an aromatic ring is 1. The van der Waals surface area contributed by atoms with Crippen molar-refractivity contribution in [1.82, 2.24) is 15.5 Å². The van der Waals surface area contributed by atoms with Gasteiger partial charge in [-0.15, -0.1) is 5.10 Å². The fourth-order valence-electron chi connectivity index (χ4n) is 2.30. The lowest BCUT2D eigenvalue weighted by molar-refractivity contribution is 0.341. The summed E-state index contributed by atoms with van der Waals surface area (Å²) in [4.78, 5) is 0. The minimum absolute atomic E-state index is 0.512. The molecular formula is C11H18N4. The van der Waals surface area contributed by atoms with Gasteiger partial charge in [-0.2, -0.15) is 5.10 Å². The zero-order valence-electron chi connectivity index (χ0n) is 9.33. The number of rotatable bonds is 1. The average Bonchev–Trinajstić information content (AvgIpc) is 2.20. The van der Waals surface area contributed by atoms with Gasteiger partial charge in [0.05, 0.1) is 5.69 Å². The highest BCUT2D eigenvalue weighted by Crippen LogP contribution is 2.30. The zero-order valence-corrected chi connectivity index (χ0v) is 9.33. The van der Waals surface area contributed by atoms with E-state index in [0.29, 0.717) is 17.7 Å². The summed E-state index contributed by atoms with van der Waals surface area (Å²) in [6, 6.07) is 1.91. The van der Waals surface area contributed by atoms with Crippen LogP contribution in [0.25, 0.3) is 0 Å². The van der Waals surface area contributed by atoms with Crippen LogP contribution in [0.2, 0.25) is 0 Å². The third kappa shape index (κ3) is 2.09. The van der Waals surface area contributed by atoms with Crippen LogP contribution in [0.1, 0.15) is 30.5 Å². The molecule has 82 valence electrons. The standard InChI is InChI=1S/C11H18N4/c1-7-5-10(12)14-15-11(7)9-3-4-13-6-8(9)2/h5,8-9,13H,3-4,6H2,1-2H3,(H2,12,14)/t8-,9?/m0/s1. The van der Waals surface area contributed by atoms with E-state index in [2.05, 4.69) is 29.4 Å². The first-order chi connectivity index (χ1) is 7.18. The third-order valence-corrected chi connectivity index (χ3v) is 3.18. The molecule has 2 rings (SSSR count). The normalized spacial score (nSPS) is 26.5. The summed E-state index contributed by atoms with van der Waals surface area (Å²) < 4.78 is 0. The molecule has 4 nitrogen and oxygen atoms in total. The Bertz CT molecular complexity index is 350. The van der Waals surface area contributed by atoms with Crippen molar-refractivity contribution in [3.05, 3.63) is 17.3 Å². The molecule has 2 heterocycles. The molecule has 1 aromatic rings. The number of nitrogens with one attached hydrogen (secondary N) is 1. The Morgan fingerprint density at radius 2 is 2.27 bits per heavy atom. The second kappa shape index (κ2) is 4.14. The van der Waals surface area contributed by atoms with E-state index in [-0.39, 0.29) is 0 Å². The lowest BCUT2D eigenvalue weighted by atomic mass is 9.84. The first-order valence-corrected chi connectivity index (χ1v) is 5.49. The maximum absolute atomic E-state index is 5.61. The first kappa shape index (κ1) is 10.4. The van der Waals surface area contributed by atoms with Crippen molar-refractivity contribution in [1.29, 1.82) is 0 Å². The van der Waals surface area contributed by atoms with Crippen LogP contribution < -0.4 is 11.1 Å². The molecule has 0 amide bonds. The van der Waals surface area contributed by atoms with E-state index in [1.54, 1.807) is 0 Å². The van der Waals surface area contributed by atoms with Crippen molar-refractivity contribution in [2.45, 2.75) is 26.2 Å². The number of aryl methyl sites for hydroxylation is 1. The number of nitrogens with zero attached hydrogens (tertiary/aromatic N) is 2. The van der Waals surface area contributed by atoms with E-state index in [9.17, 15) is 0 Å². The highest BCUT2D eigenvalue weighted by Gasteiger charge is 2.25. The summed E-state index contributed by atoms with van der Waals surface area (Å²) in [7, 11) is 0. The molecule has 1 fully saturated rings. The predicted octanol–water partition coefficient (Wildman–Crippen LogP) is 1.08. The van der Waals surface area contributed by atoms with Gasteiger partial charge in [-0.1, -0.05) is 6.92 Å². The topological polar surface area (TPSA) is 63.8 Å². The second-order valence-electron chi connectivity index (χ2n) is 4.41. The van der Waals surface area contributed by atoms with Gasteiger partial charge < -0.3 is 11.1 Å². The minimum atomic E-state index is 0.512. The van der Waals surface area contributed by atoms with Crippen LogP contribution in [-0.2, 0) is 0 Å². The van der Waals surface area contributed by atoms with Gasteiger partial charge >= 0.3 is 0 Å². The number of nitrogens with two attached hydrogens (primary N) is 1. The summed E-state index contributed by atoms with van der Waals surface area (Å²) in [5.41, 5.74) is 7.90. The van der Waals surface area contributed by atoms with Crippen molar-refractivity contribution in [3.8, 4) is 0 Å². The second-order valence-corrected chi connectivity index (χ2v) is 4.41. The molecule has 0 aliphatic carbocycles. The predicted molar refractivity (Wildman–Crippen MR) is 60.6 cm³/mol. The van der Waals surface area contributed by atoms with Gasteiger partial charge in [0.25, 0.3) is 0 Å². The van der Waals surface area contributed by atoms with Crippen molar-refractivity contribution in [3.63, 3.8) is 0 Å². The molecule has 2 atom stereocenters. The smallest absolute Gasteiger partial charge is 0.146 e. The lowest BCUT2D eigenvalue weighted by Gasteiger charge is -2.29. The minimum Gasteiger partial charge on any atom is -0.382 e. The van der Waals surface area contributed by atoms with E-state index in [0.717, 1.165) is 25.2 Å². The summed E-state index contributed by atoms with van der Waals surface area (Å²) in [5.74, 6) is 1.66. The van der Waals surface area contributed by atoms with Gasteiger partial charge in [0.2, 0.25) is 0 Å². The third-order valence-electron chi connectivity index (χ3n) is 3.18. The van der Waals surface area contributed by atoms with Crippen LogP contribution in [0.4, 0.5) is 5.82 Å². The fourth-order valence-corrected chi connectivity index (χ4v) is 2.30. The molecule has 0 bridgehead atoms. The molecule has 1 saturated heterocycles. The van der Waals surface area contributed by atoms with Crippen molar-refractivity contribution in [2.75, 3.05) is 18.8 Å². The van der Waals surface area contributed by atoms with Crippen LogP contribution in [0.5, 0.6) is 0 Å². The van der Waals surface area contributed by atoms with E-state index >= 15 is 0 Å². The Morgan fingerprint density at radius 3 is 2.93 bits per heavy atom. The fraction of sp³-hybridized carbons (Fsp3) is 0.636. The van der Waals surface area contributed by atoms with Gasteiger partial charge in [0, 0.05) is 5.92 Å². The van der Waals surface area contributed by atoms with Crippen molar-refractivity contribution < 1.29 is 0 Å². The largest absolute Gasteiger partial charge is 0.382 e. The van der Waals surface area contributed by atoms with Crippen LogP contribution in [0, 0.1) is 12.8 Å². The maximum atomic E-state index is 5.61. The first-order valence-electron chi connectivity index (χ1n) is 5.49. The number of piperidine rings is 1. The Balaban J connectivity index is 2.27. The van der Waals surface area contributed by atoms with E-state index in [4.69, 9.17) is 5.73 Å². The molecule has 1 unspecified atom stereocenters. The highest BCUT2D eigenvalue weighted by atomic mass is 15.1. The van der Waals surface area contributed by atoms with Gasteiger partial charge in [0.1, 0.15) is 5.82 Å². The summed E-state index contributed by atoms with van der Waals surface area (Å²) in [6.45, 7) is 6.46. The molecule has 1 aliphatic heterocycles. The SMILES string of the molecule is Cc1cc(N)nnc1C1CCNC[C@@H]1C. The maximum Gasteiger partial charge on any atom is 0.146 e. The van der Waals surface area contributed by atoms with Gasteiger partial charge in [-0.05, 0) is 44.0 Å². The molecule has 0 saturated carbocycles. The Kier molecular flexibility index (Phi) is 2.86. The van der Waals surface area contributed by atoms with Crippen LogP contribution >= 0.6 is 0 Å². The van der Waals surface area contributed by atoms with Crippen LogP contribution in [0.15, 0.2) is 6.07 Å². The molecule has 0 aromatic carbocycles. The van der Waals surface area contributed by atoms with Gasteiger partial charge in [-0.3, -0.25) is 0 Å². The molecule has 4 heteroatoms. The highest BCUT2D eigenvalue weighted by molar-refractivity contribution is 5.34. The van der Waals surface area contributed by atoms with Gasteiger partial charge in [0.15, 0.2) is 0 Å². The average molecular weight is 206 g/mol. The molecule has 15 heavy (non-hydrogen) atoms. The number of aromatic nitrogens is 2. The Labute approximate surface area is 90.3 Å². The molecule has 0 radical (unpaired) electrons. The quantitative estimate of drug-likeness (QED) is 0.721. The number of hydrogen-bond donors (Lipinski definition) is 2. The summed E-state index contributed by atoms with van der Waals surface area (Å²) in [5, 5.41) is 11.6. The number of anilines is 1. The number of hydrogen-bond acceptors (Lipinski definition) is 4. The van der Waals surface area contributed by atoms with Crippen LogP contribution in [-0.4, -0.2) is 23.3 Å². The Hall–Kier alpha value is -1.16. The molecule has 1 aliphatic rings. The zero-order chi connectivity index (χ0) is 10.8. The van der Waals surface area contributed by atoms with Gasteiger partial charge in [-0.25, -0.2) is 0 Å². The summed E-state index contributed by atoms with van der Waals surface area (Å²) >= 11 is 0. The molecular weight excluding hydrogens is 188 g/mol. The van der Waals surface area contributed by atoms with Crippen molar-refractivity contribution >= 4 is 5.82 Å². The van der Waals surface area contributed by atoms with Crippen LogP contribution in [0.3, 0.4) is 0 Å². The monoisotopic (exact) mass is 206 g/mol. The molecule has 0 spiro atoms. The van der Waals surface area contributed by atoms with E-state index in [1.165, 1.54) is 5.56 Å². The van der Waals surface area contributed by atoms with E-state index < -0.39 is 0 Å². The van der Waals surface area contributed by atoms with Crippen molar-refractivity contribution in [2.24, 2.45) is 5.92 Å².